The first kappa shape index (κ1) is 14.0. The number of carbonyl (C=O) groups excluding carboxylic acids is 1. The lowest BCUT2D eigenvalue weighted by Gasteiger charge is -2.16. The summed E-state index contributed by atoms with van der Waals surface area (Å²) < 4.78 is 24.6. The van der Waals surface area contributed by atoms with Gasteiger partial charge in [0.15, 0.2) is 5.78 Å². The van der Waals surface area contributed by atoms with Gasteiger partial charge in [0.2, 0.25) is 10.0 Å². The number of fused-ring (bicyclic) bond motifs is 1. The van der Waals surface area contributed by atoms with E-state index in [1.165, 1.54) is 12.1 Å². The number of hydrogen-bond donors (Lipinski definition) is 1. The molecular weight excluding hydrogens is 288 g/mol. The molecule has 6 heteroatoms. The lowest BCUT2D eigenvalue weighted by molar-refractivity contribution is 0.0972. The smallest absolute Gasteiger partial charge is 0.238 e. The van der Waals surface area contributed by atoms with Crippen LogP contribution in [0.15, 0.2) is 35.2 Å². The molecule has 1 aliphatic carbocycles. The number of carbonyl (C=O) groups is 1. The molecule has 2 aromatic rings. The van der Waals surface area contributed by atoms with E-state index in [9.17, 15) is 13.2 Å². The number of nitrogens with zero attached hydrogens (tertiary/aromatic N) is 1. The summed E-state index contributed by atoms with van der Waals surface area (Å²) in [6.45, 7) is 1.94. The van der Waals surface area contributed by atoms with E-state index in [1.54, 1.807) is 12.1 Å². The van der Waals surface area contributed by atoms with Gasteiger partial charge in [0.1, 0.15) is 0 Å². The summed E-state index contributed by atoms with van der Waals surface area (Å²) in [6.07, 6.45) is 2.30. The van der Waals surface area contributed by atoms with Gasteiger partial charge >= 0.3 is 0 Å². The van der Waals surface area contributed by atoms with Crippen molar-refractivity contribution in [3.05, 3.63) is 47.3 Å². The van der Waals surface area contributed by atoms with Crippen LogP contribution in [0.2, 0.25) is 0 Å². The number of aryl methyl sites for hydroxylation is 1. The zero-order chi connectivity index (χ0) is 15.2. The Morgan fingerprint density at radius 3 is 2.43 bits per heavy atom. The van der Waals surface area contributed by atoms with E-state index in [4.69, 9.17) is 5.14 Å². The molecule has 0 amide bonds. The molecule has 2 N–H and O–H groups in total. The number of benzene rings is 1. The van der Waals surface area contributed by atoms with Gasteiger partial charge in [0.25, 0.3) is 0 Å². The number of Topliss-reactive ketones (excluding diaryl/α,β-unsaturated/α-hetero) is 1. The Bertz CT molecular complexity index is 817. The Morgan fingerprint density at radius 1 is 1.14 bits per heavy atom. The summed E-state index contributed by atoms with van der Waals surface area (Å²) in [5.41, 5.74) is 3.61. The maximum atomic E-state index is 12.0. The van der Waals surface area contributed by atoms with Crippen LogP contribution in [0.25, 0.3) is 5.69 Å². The molecule has 0 saturated carbocycles. The number of rotatable bonds is 2. The SMILES string of the molecule is Cc1cc2c(n1-c1ccc(S(N)(=O)=O)cc1)CCCC2=O. The van der Waals surface area contributed by atoms with Crippen molar-refractivity contribution in [3.8, 4) is 5.69 Å². The number of aromatic nitrogens is 1. The van der Waals surface area contributed by atoms with E-state index in [-0.39, 0.29) is 10.7 Å². The molecule has 1 aromatic carbocycles. The molecule has 5 nitrogen and oxygen atoms in total. The molecule has 1 aromatic heterocycles. The molecule has 0 aliphatic heterocycles. The van der Waals surface area contributed by atoms with E-state index >= 15 is 0 Å². The standard InChI is InChI=1S/C15H16N2O3S/c1-10-9-13-14(3-2-4-15(13)18)17(10)11-5-7-12(8-6-11)21(16,19)20/h5-9H,2-4H2,1H3,(H2,16,19,20). The Labute approximate surface area is 123 Å². The second kappa shape index (κ2) is 4.82. The van der Waals surface area contributed by atoms with E-state index < -0.39 is 10.0 Å². The van der Waals surface area contributed by atoms with Crippen LogP contribution in [0.5, 0.6) is 0 Å². The molecule has 0 radical (unpaired) electrons. The summed E-state index contributed by atoms with van der Waals surface area (Å²) in [7, 11) is -3.69. The average molecular weight is 304 g/mol. The minimum atomic E-state index is -3.69. The van der Waals surface area contributed by atoms with Gasteiger partial charge in [-0.15, -0.1) is 0 Å². The van der Waals surface area contributed by atoms with Crippen molar-refractivity contribution >= 4 is 15.8 Å². The van der Waals surface area contributed by atoms with Crippen molar-refractivity contribution in [2.24, 2.45) is 5.14 Å². The normalized spacial score (nSPS) is 15.0. The summed E-state index contributed by atoms with van der Waals surface area (Å²) in [4.78, 5) is 12.0. The highest BCUT2D eigenvalue weighted by Crippen LogP contribution is 2.28. The van der Waals surface area contributed by atoms with Crippen molar-refractivity contribution in [2.75, 3.05) is 0 Å². The van der Waals surface area contributed by atoms with E-state index in [0.29, 0.717) is 6.42 Å². The topological polar surface area (TPSA) is 82.2 Å². The largest absolute Gasteiger partial charge is 0.317 e. The van der Waals surface area contributed by atoms with Gasteiger partial charge in [-0.3, -0.25) is 4.79 Å². The van der Waals surface area contributed by atoms with Crippen molar-refractivity contribution in [2.45, 2.75) is 31.1 Å². The fraction of sp³-hybridized carbons (Fsp3) is 0.267. The van der Waals surface area contributed by atoms with Crippen LogP contribution < -0.4 is 5.14 Å². The van der Waals surface area contributed by atoms with Crippen LogP contribution in [0.4, 0.5) is 0 Å². The highest BCUT2D eigenvalue weighted by molar-refractivity contribution is 7.89. The molecule has 0 spiro atoms. The Hall–Kier alpha value is -1.92. The number of sulfonamides is 1. The molecule has 1 heterocycles. The molecule has 110 valence electrons. The highest BCUT2D eigenvalue weighted by atomic mass is 32.2. The zero-order valence-corrected chi connectivity index (χ0v) is 12.5. The predicted molar refractivity (Wildman–Crippen MR) is 79.1 cm³/mol. The minimum Gasteiger partial charge on any atom is -0.317 e. The maximum absolute atomic E-state index is 12.0. The Morgan fingerprint density at radius 2 is 1.81 bits per heavy atom. The third kappa shape index (κ3) is 2.41. The molecule has 0 saturated heterocycles. The highest BCUT2D eigenvalue weighted by Gasteiger charge is 2.23. The van der Waals surface area contributed by atoms with Crippen molar-refractivity contribution in [3.63, 3.8) is 0 Å². The molecule has 21 heavy (non-hydrogen) atoms. The van der Waals surface area contributed by atoms with Gasteiger partial charge in [-0.25, -0.2) is 13.6 Å². The molecule has 1 aliphatic rings. The van der Waals surface area contributed by atoms with Gasteiger partial charge in [0, 0.05) is 29.1 Å². The Balaban J connectivity index is 2.11. The molecule has 0 atom stereocenters. The van der Waals surface area contributed by atoms with Crippen LogP contribution >= 0.6 is 0 Å². The van der Waals surface area contributed by atoms with Crippen molar-refractivity contribution in [1.29, 1.82) is 0 Å². The first-order chi connectivity index (χ1) is 9.88. The lowest BCUT2D eigenvalue weighted by atomic mass is 9.96. The molecule has 0 unspecified atom stereocenters. The monoisotopic (exact) mass is 304 g/mol. The number of primary sulfonamides is 1. The maximum Gasteiger partial charge on any atom is 0.238 e. The fourth-order valence-corrected chi connectivity index (χ4v) is 3.39. The van der Waals surface area contributed by atoms with Crippen LogP contribution in [0.3, 0.4) is 0 Å². The summed E-state index contributed by atoms with van der Waals surface area (Å²) in [5, 5.41) is 5.11. The summed E-state index contributed by atoms with van der Waals surface area (Å²) in [6, 6.07) is 8.31. The van der Waals surface area contributed by atoms with Crippen LogP contribution in [-0.4, -0.2) is 18.8 Å². The number of hydrogen-bond acceptors (Lipinski definition) is 3. The molecular formula is C15H16N2O3S. The van der Waals surface area contributed by atoms with E-state index in [2.05, 4.69) is 0 Å². The van der Waals surface area contributed by atoms with Gasteiger partial charge in [-0.2, -0.15) is 0 Å². The second-order valence-electron chi connectivity index (χ2n) is 5.30. The van der Waals surface area contributed by atoms with Crippen LogP contribution in [0, 0.1) is 6.92 Å². The molecule has 0 bridgehead atoms. The minimum absolute atomic E-state index is 0.0843. The van der Waals surface area contributed by atoms with E-state index in [1.807, 2.05) is 17.6 Å². The van der Waals surface area contributed by atoms with Crippen LogP contribution in [0.1, 0.15) is 34.6 Å². The molecule has 0 fully saturated rings. The number of nitrogens with two attached hydrogens (primary N) is 1. The first-order valence-electron chi connectivity index (χ1n) is 6.75. The number of ketones is 1. The lowest BCUT2D eigenvalue weighted by Crippen LogP contribution is -2.14. The van der Waals surface area contributed by atoms with Crippen molar-refractivity contribution < 1.29 is 13.2 Å². The predicted octanol–water partition coefficient (Wildman–Crippen LogP) is 1.95. The molecule has 3 rings (SSSR count). The first-order valence-corrected chi connectivity index (χ1v) is 8.30. The van der Waals surface area contributed by atoms with Gasteiger partial charge in [-0.1, -0.05) is 0 Å². The summed E-state index contributed by atoms with van der Waals surface area (Å²) >= 11 is 0. The zero-order valence-electron chi connectivity index (χ0n) is 11.7. The summed E-state index contributed by atoms with van der Waals surface area (Å²) in [5.74, 6) is 0.180. The third-order valence-corrected chi connectivity index (χ3v) is 4.76. The van der Waals surface area contributed by atoms with Gasteiger partial charge in [-0.05, 0) is 50.1 Å². The van der Waals surface area contributed by atoms with Crippen LogP contribution in [-0.2, 0) is 16.4 Å². The van der Waals surface area contributed by atoms with Crippen molar-refractivity contribution in [1.82, 2.24) is 4.57 Å². The quantitative estimate of drug-likeness (QED) is 0.920. The van der Waals surface area contributed by atoms with E-state index in [0.717, 1.165) is 35.5 Å². The third-order valence-electron chi connectivity index (χ3n) is 3.83. The van der Waals surface area contributed by atoms with Gasteiger partial charge in [0.05, 0.1) is 4.90 Å². The average Bonchev–Trinajstić information content (AvgIpc) is 2.76. The Kier molecular flexibility index (Phi) is 3.22. The second-order valence-corrected chi connectivity index (χ2v) is 6.86. The fourth-order valence-electron chi connectivity index (χ4n) is 2.87. The van der Waals surface area contributed by atoms with Gasteiger partial charge < -0.3 is 4.57 Å².